The van der Waals surface area contributed by atoms with Crippen molar-refractivity contribution in [3.8, 4) is 0 Å². The average molecular weight is 408 g/mol. The molecule has 0 radical (unpaired) electrons. The second kappa shape index (κ2) is 8.83. The minimum Gasteiger partial charge on any atom is -0.451 e. The number of Topliss-reactive ketones (excluding diaryl/α,β-unsaturated/α-hetero) is 1. The van der Waals surface area contributed by atoms with E-state index in [9.17, 15) is 18.0 Å². The highest BCUT2D eigenvalue weighted by Crippen LogP contribution is 2.14. The SMILES string of the molecule is C[C@@H](OC(=O)/C=C/c1ccc(Cl)cc1)C(=O)c1ccc(NS(C)(=O)=O)cc1. The molecule has 1 atom stereocenters. The van der Waals surface area contributed by atoms with E-state index in [1.165, 1.54) is 37.3 Å². The zero-order valence-electron chi connectivity index (χ0n) is 14.7. The van der Waals surface area contributed by atoms with Gasteiger partial charge in [-0.05, 0) is 55.0 Å². The third-order valence-electron chi connectivity index (χ3n) is 3.42. The van der Waals surface area contributed by atoms with E-state index in [4.69, 9.17) is 16.3 Å². The molecule has 0 fully saturated rings. The monoisotopic (exact) mass is 407 g/mol. The molecule has 0 unspecified atom stereocenters. The maximum absolute atomic E-state index is 12.3. The third-order valence-corrected chi connectivity index (χ3v) is 4.28. The summed E-state index contributed by atoms with van der Waals surface area (Å²) in [4.78, 5) is 24.2. The van der Waals surface area contributed by atoms with Gasteiger partial charge in [0.1, 0.15) is 0 Å². The van der Waals surface area contributed by atoms with E-state index >= 15 is 0 Å². The van der Waals surface area contributed by atoms with Crippen molar-refractivity contribution in [3.05, 3.63) is 70.8 Å². The van der Waals surface area contributed by atoms with E-state index < -0.39 is 27.9 Å². The fourth-order valence-electron chi connectivity index (χ4n) is 2.16. The lowest BCUT2D eigenvalue weighted by molar-refractivity contribution is -0.140. The molecule has 142 valence electrons. The zero-order chi connectivity index (χ0) is 20.0. The summed E-state index contributed by atoms with van der Waals surface area (Å²) >= 11 is 5.79. The average Bonchev–Trinajstić information content (AvgIpc) is 2.60. The van der Waals surface area contributed by atoms with Crippen LogP contribution in [0.15, 0.2) is 54.6 Å². The van der Waals surface area contributed by atoms with Crippen molar-refractivity contribution >= 4 is 45.1 Å². The topological polar surface area (TPSA) is 89.5 Å². The molecule has 0 saturated heterocycles. The second-order valence-corrected chi connectivity index (χ2v) is 7.96. The summed E-state index contributed by atoms with van der Waals surface area (Å²) in [5.74, 6) is -1.05. The van der Waals surface area contributed by atoms with E-state index in [-0.39, 0.29) is 0 Å². The minimum atomic E-state index is -3.39. The number of benzene rings is 2. The van der Waals surface area contributed by atoms with Gasteiger partial charge in [-0.3, -0.25) is 9.52 Å². The largest absolute Gasteiger partial charge is 0.451 e. The van der Waals surface area contributed by atoms with Crippen LogP contribution in [0.1, 0.15) is 22.8 Å². The van der Waals surface area contributed by atoms with Crippen LogP contribution >= 0.6 is 11.6 Å². The molecule has 0 aromatic heterocycles. The Bertz CT molecular complexity index is 951. The second-order valence-electron chi connectivity index (χ2n) is 5.78. The Morgan fingerprint density at radius 3 is 2.22 bits per heavy atom. The Hall–Kier alpha value is -2.64. The van der Waals surface area contributed by atoms with Crippen LogP contribution in [0.2, 0.25) is 5.02 Å². The first-order valence-electron chi connectivity index (χ1n) is 7.90. The lowest BCUT2D eigenvalue weighted by Crippen LogP contribution is -2.23. The number of hydrogen-bond acceptors (Lipinski definition) is 5. The Morgan fingerprint density at radius 1 is 1.07 bits per heavy atom. The fourth-order valence-corrected chi connectivity index (χ4v) is 2.85. The number of anilines is 1. The first kappa shape index (κ1) is 20.7. The zero-order valence-corrected chi connectivity index (χ0v) is 16.3. The Balaban J connectivity index is 1.96. The summed E-state index contributed by atoms with van der Waals surface area (Å²) in [7, 11) is -3.39. The van der Waals surface area contributed by atoms with Gasteiger partial charge in [-0.1, -0.05) is 23.7 Å². The van der Waals surface area contributed by atoms with Gasteiger partial charge < -0.3 is 4.74 Å². The molecule has 27 heavy (non-hydrogen) atoms. The Kier molecular flexibility index (Phi) is 6.76. The molecule has 0 amide bonds. The van der Waals surface area contributed by atoms with Crippen molar-refractivity contribution in [1.82, 2.24) is 0 Å². The molecule has 0 spiro atoms. The maximum atomic E-state index is 12.3. The van der Waals surface area contributed by atoms with Gasteiger partial charge in [0.2, 0.25) is 15.8 Å². The molecular formula is C19H18ClNO5S. The minimum absolute atomic E-state index is 0.302. The Morgan fingerprint density at radius 2 is 1.67 bits per heavy atom. The third kappa shape index (κ3) is 6.88. The van der Waals surface area contributed by atoms with Gasteiger partial charge in [0, 0.05) is 22.3 Å². The number of rotatable bonds is 7. The predicted octanol–water partition coefficient (Wildman–Crippen LogP) is 3.54. The molecule has 2 aromatic carbocycles. The summed E-state index contributed by atoms with van der Waals surface area (Å²) in [5, 5.41) is 0.590. The van der Waals surface area contributed by atoms with Crippen molar-refractivity contribution < 1.29 is 22.7 Å². The van der Waals surface area contributed by atoms with Crippen molar-refractivity contribution in [3.63, 3.8) is 0 Å². The van der Waals surface area contributed by atoms with Crippen LogP contribution in [0.5, 0.6) is 0 Å². The molecule has 2 aromatic rings. The maximum Gasteiger partial charge on any atom is 0.331 e. The molecule has 0 saturated carbocycles. The van der Waals surface area contributed by atoms with Crippen molar-refractivity contribution in [1.29, 1.82) is 0 Å². The van der Waals surface area contributed by atoms with Crippen LogP contribution < -0.4 is 4.72 Å². The molecule has 0 aliphatic carbocycles. The number of sulfonamides is 1. The molecule has 0 bridgehead atoms. The van der Waals surface area contributed by atoms with E-state index in [1.807, 2.05) is 0 Å². The number of ketones is 1. The van der Waals surface area contributed by atoms with Gasteiger partial charge in [-0.15, -0.1) is 0 Å². The number of halogens is 1. The van der Waals surface area contributed by atoms with Crippen LogP contribution in [0.4, 0.5) is 5.69 Å². The van der Waals surface area contributed by atoms with Gasteiger partial charge >= 0.3 is 5.97 Å². The molecular weight excluding hydrogens is 390 g/mol. The molecule has 0 aliphatic rings. The number of carbonyl (C=O) groups is 2. The van der Waals surface area contributed by atoms with E-state index in [2.05, 4.69) is 4.72 Å². The lowest BCUT2D eigenvalue weighted by atomic mass is 10.1. The van der Waals surface area contributed by atoms with Crippen LogP contribution in [0.25, 0.3) is 6.08 Å². The molecule has 6 nitrogen and oxygen atoms in total. The number of hydrogen-bond donors (Lipinski definition) is 1. The van der Waals surface area contributed by atoms with Crippen molar-refractivity contribution in [2.75, 3.05) is 11.0 Å². The number of carbonyl (C=O) groups excluding carboxylic acids is 2. The lowest BCUT2D eigenvalue weighted by Gasteiger charge is -2.11. The summed E-state index contributed by atoms with van der Waals surface area (Å²) in [5.41, 5.74) is 1.41. The molecule has 1 N–H and O–H groups in total. The molecule has 0 aliphatic heterocycles. The first-order valence-corrected chi connectivity index (χ1v) is 10.2. The van der Waals surface area contributed by atoms with Gasteiger partial charge in [0.25, 0.3) is 0 Å². The van der Waals surface area contributed by atoms with Gasteiger partial charge in [-0.2, -0.15) is 0 Å². The van der Waals surface area contributed by atoms with Crippen molar-refractivity contribution in [2.24, 2.45) is 0 Å². The van der Waals surface area contributed by atoms with E-state index in [0.29, 0.717) is 16.3 Å². The summed E-state index contributed by atoms with van der Waals surface area (Å²) < 4.78 is 29.8. The smallest absolute Gasteiger partial charge is 0.331 e. The number of nitrogens with one attached hydrogen (secondary N) is 1. The van der Waals surface area contributed by atoms with Gasteiger partial charge in [0.15, 0.2) is 6.10 Å². The summed E-state index contributed by atoms with van der Waals surface area (Å²) in [6.07, 6.45) is 2.83. The number of esters is 1. The molecule has 2 rings (SSSR count). The quantitative estimate of drug-likeness (QED) is 0.430. The Labute approximate surface area is 162 Å². The van der Waals surface area contributed by atoms with Crippen LogP contribution in [0.3, 0.4) is 0 Å². The first-order chi connectivity index (χ1) is 12.6. The summed E-state index contributed by atoms with van der Waals surface area (Å²) in [6.45, 7) is 1.47. The number of ether oxygens (including phenoxy) is 1. The highest BCUT2D eigenvalue weighted by atomic mass is 35.5. The molecule has 8 heteroatoms. The van der Waals surface area contributed by atoms with Crippen molar-refractivity contribution in [2.45, 2.75) is 13.0 Å². The summed E-state index contributed by atoms with van der Waals surface area (Å²) in [6, 6.07) is 12.7. The molecule has 0 heterocycles. The standard InChI is InChI=1S/C19H18ClNO5S/c1-13(26-18(22)12-5-14-3-8-16(20)9-4-14)19(23)15-6-10-17(11-7-15)21-27(2,24)25/h3-13,21H,1-2H3/b12-5+/t13-/m1/s1. The fraction of sp³-hybridized carbons (Fsp3) is 0.158. The van der Waals surface area contributed by atoms with Gasteiger partial charge in [-0.25, -0.2) is 13.2 Å². The highest BCUT2D eigenvalue weighted by Gasteiger charge is 2.18. The normalized spacial score (nSPS) is 12.6. The van der Waals surface area contributed by atoms with Crippen LogP contribution in [0, 0.1) is 0 Å². The highest BCUT2D eigenvalue weighted by molar-refractivity contribution is 7.92. The predicted molar refractivity (Wildman–Crippen MR) is 105 cm³/mol. The van der Waals surface area contributed by atoms with Gasteiger partial charge in [0.05, 0.1) is 6.26 Å². The van der Waals surface area contributed by atoms with E-state index in [0.717, 1.165) is 11.8 Å². The van der Waals surface area contributed by atoms with Crippen LogP contribution in [-0.4, -0.2) is 32.5 Å². The van der Waals surface area contributed by atoms with E-state index in [1.54, 1.807) is 30.3 Å². The van der Waals surface area contributed by atoms with Crippen LogP contribution in [-0.2, 0) is 19.6 Å².